The Morgan fingerprint density at radius 3 is 2.70 bits per heavy atom. The van der Waals surface area contributed by atoms with E-state index in [1.807, 2.05) is 39.8 Å². The molecule has 1 aliphatic rings. The van der Waals surface area contributed by atoms with Gasteiger partial charge in [0.1, 0.15) is 5.75 Å². The smallest absolute Gasteiger partial charge is 0.265 e. The van der Waals surface area contributed by atoms with E-state index in [0.717, 1.165) is 5.56 Å². The molecular weight excluding hydrogens is 294 g/mol. The molecule has 0 saturated carbocycles. The molecule has 0 bridgehead atoms. The van der Waals surface area contributed by atoms with Crippen molar-refractivity contribution in [1.82, 2.24) is 5.32 Å². The first-order valence-corrected chi connectivity index (χ1v) is 8.00. The molecule has 0 radical (unpaired) electrons. The van der Waals surface area contributed by atoms with Crippen molar-refractivity contribution >= 4 is 17.5 Å². The molecule has 2 rings (SSSR count). The van der Waals surface area contributed by atoms with E-state index in [1.54, 1.807) is 6.07 Å². The zero-order valence-corrected chi connectivity index (χ0v) is 14.1. The first-order chi connectivity index (χ1) is 10.8. The van der Waals surface area contributed by atoms with E-state index in [-0.39, 0.29) is 29.8 Å². The van der Waals surface area contributed by atoms with Crippen LogP contribution in [0.15, 0.2) is 18.2 Å². The monoisotopic (exact) mass is 319 g/mol. The van der Waals surface area contributed by atoms with Crippen molar-refractivity contribution in [2.75, 3.05) is 5.32 Å². The van der Waals surface area contributed by atoms with Crippen molar-refractivity contribution in [1.29, 1.82) is 0 Å². The Labute approximate surface area is 136 Å². The van der Waals surface area contributed by atoms with Crippen LogP contribution in [0.3, 0.4) is 0 Å². The van der Waals surface area contributed by atoms with Crippen LogP contribution in [0.25, 0.3) is 0 Å². The Bertz CT molecular complexity index is 601. The first-order valence-electron chi connectivity index (χ1n) is 8.00. The fourth-order valence-corrected chi connectivity index (χ4v) is 2.36. The van der Waals surface area contributed by atoms with Crippen LogP contribution in [-0.4, -0.2) is 24.0 Å². The second kappa shape index (κ2) is 7.00. The Morgan fingerprint density at radius 2 is 2.09 bits per heavy atom. The summed E-state index contributed by atoms with van der Waals surface area (Å²) in [4.78, 5) is 23.9. The topological polar surface area (TPSA) is 93.4 Å². The van der Waals surface area contributed by atoms with Gasteiger partial charge in [0.05, 0.1) is 11.7 Å². The maximum Gasteiger partial charge on any atom is 0.265 e. The molecule has 1 aromatic carbocycles. The minimum Gasteiger partial charge on any atom is -0.478 e. The number of carbonyl (C=O) groups excluding carboxylic acids is 2. The quantitative estimate of drug-likeness (QED) is 0.773. The number of ether oxygens (including phenoxy) is 1. The van der Waals surface area contributed by atoms with E-state index in [9.17, 15) is 9.59 Å². The van der Waals surface area contributed by atoms with Crippen LogP contribution < -0.4 is 21.1 Å². The summed E-state index contributed by atoms with van der Waals surface area (Å²) in [6.07, 6.45) is 0.133. The molecule has 6 nitrogen and oxygen atoms in total. The number of fused-ring (bicyclic) bond motifs is 1. The van der Waals surface area contributed by atoms with Crippen molar-refractivity contribution in [3.05, 3.63) is 23.8 Å². The van der Waals surface area contributed by atoms with Gasteiger partial charge < -0.3 is 21.1 Å². The molecule has 126 valence electrons. The Morgan fingerprint density at radius 1 is 1.39 bits per heavy atom. The molecule has 1 aromatic rings. The standard InChI is InChI=1S/C17H25N3O3/c1-5-14-17(22)20-13-7-6-12(8-15(13)23-14)11(4)19-16(21)9(2)10(3)18/h6-11,14H,5,18H2,1-4H3,(H,19,21)(H,20,22). The summed E-state index contributed by atoms with van der Waals surface area (Å²) in [7, 11) is 0. The highest BCUT2D eigenvalue weighted by atomic mass is 16.5. The zero-order valence-electron chi connectivity index (χ0n) is 14.1. The number of nitrogens with two attached hydrogens (primary N) is 1. The zero-order chi connectivity index (χ0) is 17.1. The number of nitrogens with one attached hydrogen (secondary N) is 2. The molecule has 0 spiro atoms. The minimum atomic E-state index is -0.472. The summed E-state index contributed by atoms with van der Waals surface area (Å²) in [5.41, 5.74) is 7.34. The molecule has 4 unspecified atom stereocenters. The summed E-state index contributed by atoms with van der Waals surface area (Å²) in [5, 5.41) is 5.79. The van der Waals surface area contributed by atoms with E-state index in [4.69, 9.17) is 10.5 Å². The minimum absolute atomic E-state index is 0.0779. The Hall–Kier alpha value is -2.08. The van der Waals surface area contributed by atoms with Crippen molar-refractivity contribution in [2.45, 2.75) is 52.3 Å². The first kappa shape index (κ1) is 17.3. The molecule has 6 heteroatoms. The van der Waals surface area contributed by atoms with Crippen LogP contribution in [0.1, 0.15) is 45.7 Å². The molecule has 4 N–H and O–H groups in total. The van der Waals surface area contributed by atoms with Gasteiger partial charge in [0.25, 0.3) is 5.91 Å². The lowest BCUT2D eigenvalue weighted by atomic mass is 10.0. The average Bonchev–Trinajstić information content (AvgIpc) is 2.52. The van der Waals surface area contributed by atoms with E-state index in [2.05, 4.69) is 10.6 Å². The molecule has 0 aromatic heterocycles. The molecule has 2 amide bonds. The number of carbonyl (C=O) groups is 2. The lowest BCUT2D eigenvalue weighted by Crippen LogP contribution is -2.39. The van der Waals surface area contributed by atoms with Gasteiger partial charge in [-0.25, -0.2) is 0 Å². The van der Waals surface area contributed by atoms with Gasteiger partial charge in [0, 0.05) is 12.0 Å². The molecule has 0 fully saturated rings. The van der Waals surface area contributed by atoms with Crippen molar-refractivity contribution < 1.29 is 14.3 Å². The third-order valence-corrected chi connectivity index (χ3v) is 4.26. The Kier molecular flexibility index (Phi) is 5.26. The third kappa shape index (κ3) is 3.82. The van der Waals surface area contributed by atoms with Gasteiger partial charge in [0.15, 0.2) is 6.10 Å². The summed E-state index contributed by atoms with van der Waals surface area (Å²) < 4.78 is 5.73. The maximum atomic E-state index is 12.1. The van der Waals surface area contributed by atoms with Crippen LogP contribution in [0.5, 0.6) is 5.75 Å². The average molecular weight is 319 g/mol. The lowest BCUT2D eigenvalue weighted by molar-refractivity contribution is -0.125. The van der Waals surface area contributed by atoms with Crippen LogP contribution in [0, 0.1) is 5.92 Å². The number of amides is 2. The van der Waals surface area contributed by atoms with E-state index >= 15 is 0 Å². The van der Waals surface area contributed by atoms with Crippen molar-refractivity contribution in [2.24, 2.45) is 11.7 Å². The molecule has 0 aliphatic carbocycles. The van der Waals surface area contributed by atoms with Crippen LogP contribution in [-0.2, 0) is 9.59 Å². The van der Waals surface area contributed by atoms with Gasteiger partial charge in [-0.1, -0.05) is 19.9 Å². The summed E-state index contributed by atoms with van der Waals surface area (Å²) in [6.45, 7) is 7.43. The van der Waals surface area contributed by atoms with E-state index < -0.39 is 6.10 Å². The highest BCUT2D eigenvalue weighted by Gasteiger charge is 2.27. The summed E-state index contributed by atoms with van der Waals surface area (Å²) in [6, 6.07) is 5.16. The second-order valence-electron chi connectivity index (χ2n) is 6.14. The molecule has 0 saturated heterocycles. The van der Waals surface area contributed by atoms with E-state index in [1.165, 1.54) is 0 Å². The summed E-state index contributed by atoms with van der Waals surface area (Å²) >= 11 is 0. The lowest BCUT2D eigenvalue weighted by Gasteiger charge is -2.26. The SMILES string of the molecule is CCC1Oc2cc(C(C)NC(=O)C(C)C(C)N)ccc2NC1=O. The van der Waals surface area contributed by atoms with Gasteiger partial charge in [-0.2, -0.15) is 0 Å². The van der Waals surface area contributed by atoms with Crippen LogP contribution in [0.4, 0.5) is 5.69 Å². The van der Waals surface area contributed by atoms with Crippen molar-refractivity contribution in [3.63, 3.8) is 0 Å². The molecule has 4 atom stereocenters. The number of rotatable bonds is 5. The predicted molar refractivity (Wildman–Crippen MR) is 89.1 cm³/mol. The fourth-order valence-electron chi connectivity index (χ4n) is 2.36. The molecular formula is C17H25N3O3. The number of hydrogen-bond donors (Lipinski definition) is 3. The number of hydrogen-bond acceptors (Lipinski definition) is 4. The largest absolute Gasteiger partial charge is 0.478 e. The number of benzene rings is 1. The molecule has 1 heterocycles. The maximum absolute atomic E-state index is 12.1. The highest BCUT2D eigenvalue weighted by Crippen LogP contribution is 2.33. The molecule has 23 heavy (non-hydrogen) atoms. The third-order valence-electron chi connectivity index (χ3n) is 4.26. The van der Waals surface area contributed by atoms with Crippen molar-refractivity contribution in [3.8, 4) is 5.75 Å². The Balaban J connectivity index is 2.12. The van der Waals surface area contributed by atoms with E-state index in [0.29, 0.717) is 17.9 Å². The predicted octanol–water partition coefficient (Wildman–Crippen LogP) is 1.96. The summed E-state index contributed by atoms with van der Waals surface area (Å²) in [5.74, 6) is 0.177. The molecule has 1 aliphatic heterocycles. The van der Waals surface area contributed by atoms with Crippen LogP contribution >= 0.6 is 0 Å². The van der Waals surface area contributed by atoms with Gasteiger partial charge in [-0.05, 0) is 38.0 Å². The van der Waals surface area contributed by atoms with Gasteiger partial charge in [0.2, 0.25) is 5.91 Å². The number of anilines is 1. The van der Waals surface area contributed by atoms with Gasteiger partial charge in [-0.3, -0.25) is 9.59 Å². The fraction of sp³-hybridized carbons (Fsp3) is 0.529. The van der Waals surface area contributed by atoms with Crippen LogP contribution in [0.2, 0.25) is 0 Å². The normalized spacial score (nSPS) is 20.6. The van der Waals surface area contributed by atoms with Gasteiger partial charge >= 0.3 is 0 Å². The van der Waals surface area contributed by atoms with Gasteiger partial charge in [-0.15, -0.1) is 0 Å². The highest BCUT2D eigenvalue weighted by molar-refractivity contribution is 5.97. The second-order valence-corrected chi connectivity index (χ2v) is 6.14.